The zero-order valence-electron chi connectivity index (χ0n) is 7.22. The molecule has 0 saturated carbocycles. The van der Waals surface area contributed by atoms with Gasteiger partial charge in [-0.1, -0.05) is 29.3 Å². The van der Waals surface area contributed by atoms with E-state index in [-0.39, 0.29) is 0 Å². The molecule has 0 aromatic heterocycles. The van der Waals surface area contributed by atoms with Crippen LogP contribution in [0.2, 0.25) is 10.0 Å². The van der Waals surface area contributed by atoms with E-state index in [0.29, 0.717) is 16.6 Å². The molecule has 1 atom stereocenters. The van der Waals surface area contributed by atoms with Crippen molar-refractivity contribution in [3.63, 3.8) is 0 Å². The van der Waals surface area contributed by atoms with Crippen LogP contribution in [-0.2, 0) is 0 Å². The van der Waals surface area contributed by atoms with E-state index in [2.05, 4.69) is 5.32 Å². The van der Waals surface area contributed by atoms with Gasteiger partial charge in [-0.15, -0.1) is 0 Å². The molecule has 4 heteroatoms. The van der Waals surface area contributed by atoms with Gasteiger partial charge in [0.25, 0.3) is 0 Å². The van der Waals surface area contributed by atoms with Crippen LogP contribution in [0.4, 0.5) is 0 Å². The molecular formula is C9H11Cl2NO. The average Bonchev–Trinajstić information content (AvgIpc) is 2.10. The van der Waals surface area contributed by atoms with Crippen molar-refractivity contribution in [3.05, 3.63) is 33.8 Å². The summed E-state index contributed by atoms with van der Waals surface area (Å²) in [7, 11) is 1.78. The van der Waals surface area contributed by atoms with Crippen LogP contribution in [0.15, 0.2) is 18.2 Å². The number of aliphatic hydroxyl groups excluding tert-OH is 1. The number of likely N-dealkylation sites (N-methyl/N-ethyl adjacent to an activating group) is 1. The molecule has 0 aliphatic carbocycles. The van der Waals surface area contributed by atoms with Gasteiger partial charge in [-0.2, -0.15) is 0 Å². The maximum atomic E-state index is 9.57. The fourth-order valence-electron chi connectivity index (χ4n) is 1.03. The summed E-state index contributed by atoms with van der Waals surface area (Å²) in [6.45, 7) is 0.498. The van der Waals surface area contributed by atoms with Gasteiger partial charge in [0, 0.05) is 6.54 Å². The molecule has 1 aromatic carbocycles. The van der Waals surface area contributed by atoms with Crippen LogP contribution in [0.5, 0.6) is 0 Å². The van der Waals surface area contributed by atoms with Gasteiger partial charge in [0.15, 0.2) is 0 Å². The van der Waals surface area contributed by atoms with Crippen molar-refractivity contribution in [1.82, 2.24) is 5.32 Å². The summed E-state index contributed by atoms with van der Waals surface area (Å²) in [6.07, 6.45) is -0.542. The lowest BCUT2D eigenvalue weighted by molar-refractivity contribution is 0.178. The predicted octanol–water partition coefficient (Wildman–Crippen LogP) is 2.25. The van der Waals surface area contributed by atoms with Gasteiger partial charge in [-0.3, -0.25) is 0 Å². The second kappa shape index (κ2) is 4.82. The number of halogens is 2. The molecule has 1 aromatic rings. The summed E-state index contributed by atoms with van der Waals surface area (Å²) < 4.78 is 0. The Kier molecular flexibility index (Phi) is 4.00. The van der Waals surface area contributed by atoms with Crippen LogP contribution in [0.3, 0.4) is 0 Å². The van der Waals surface area contributed by atoms with Gasteiger partial charge in [0.1, 0.15) is 0 Å². The predicted molar refractivity (Wildman–Crippen MR) is 55.3 cm³/mol. The maximum Gasteiger partial charge on any atom is 0.0914 e. The van der Waals surface area contributed by atoms with Crippen molar-refractivity contribution in [1.29, 1.82) is 0 Å². The first-order valence-electron chi connectivity index (χ1n) is 3.92. The number of hydrogen-bond donors (Lipinski definition) is 2. The number of nitrogens with one attached hydrogen (secondary N) is 1. The maximum absolute atomic E-state index is 9.57. The van der Waals surface area contributed by atoms with E-state index in [0.717, 1.165) is 5.56 Å². The Morgan fingerprint density at radius 1 is 1.38 bits per heavy atom. The lowest BCUT2D eigenvalue weighted by Gasteiger charge is -2.10. The second-order valence-electron chi connectivity index (χ2n) is 2.75. The van der Waals surface area contributed by atoms with E-state index in [1.54, 1.807) is 25.2 Å². The molecule has 1 unspecified atom stereocenters. The van der Waals surface area contributed by atoms with Gasteiger partial charge in [-0.05, 0) is 24.7 Å². The highest BCUT2D eigenvalue weighted by molar-refractivity contribution is 6.42. The molecule has 0 saturated heterocycles. The minimum Gasteiger partial charge on any atom is -0.387 e. The molecule has 0 heterocycles. The Bertz CT molecular complexity index is 291. The summed E-state index contributed by atoms with van der Waals surface area (Å²) in [5.74, 6) is 0. The Morgan fingerprint density at radius 2 is 2.08 bits per heavy atom. The third kappa shape index (κ3) is 2.85. The smallest absolute Gasteiger partial charge is 0.0914 e. The van der Waals surface area contributed by atoms with E-state index < -0.39 is 6.10 Å². The van der Waals surface area contributed by atoms with Crippen LogP contribution < -0.4 is 5.32 Å². The summed E-state index contributed by atoms with van der Waals surface area (Å²) in [5, 5.41) is 13.4. The first-order chi connectivity index (χ1) is 6.15. The summed E-state index contributed by atoms with van der Waals surface area (Å²) in [6, 6.07) is 5.11. The molecule has 0 aliphatic heterocycles. The molecule has 0 radical (unpaired) electrons. The van der Waals surface area contributed by atoms with Gasteiger partial charge in [0.2, 0.25) is 0 Å². The molecule has 1 rings (SSSR count). The van der Waals surface area contributed by atoms with E-state index in [1.807, 2.05) is 0 Å². The molecule has 0 bridgehead atoms. The zero-order chi connectivity index (χ0) is 9.84. The van der Waals surface area contributed by atoms with Crippen molar-refractivity contribution in [3.8, 4) is 0 Å². The standard InChI is InChI=1S/C9H11Cl2NO/c1-12-5-9(13)6-2-3-7(10)8(11)4-6/h2-4,9,12-13H,5H2,1H3. The quantitative estimate of drug-likeness (QED) is 0.818. The minimum atomic E-state index is -0.542. The number of benzene rings is 1. The van der Waals surface area contributed by atoms with Crippen LogP contribution in [0, 0.1) is 0 Å². The Morgan fingerprint density at radius 3 is 2.62 bits per heavy atom. The molecule has 13 heavy (non-hydrogen) atoms. The normalized spacial score (nSPS) is 12.9. The SMILES string of the molecule is CNCC(O)c1ccc(Cl)c(Cl)c1. The van der Waals surface area contributed by atoms with Crippen molar-refractivity contribution < 1.29 is 5.11 Å². The molecule has 0 fully saturated rings. The molecule has 0 aliphatic rings. The fourth-order valence-corrected chi connectivity index (χ4v) is 1.34. The van der Waals surface area contributed by atoms with E-state index in [1.165, 1.54) is 0 Å². The van der Waals surface area contributed by atoms with E-state index >= 15 is 0 Å². The monoisotopic (exact) mass is 219 g/mol. The molecule has 2 N–H and O–H groups in total. The Hall–Kier alpha value is -0.280. The number of aliphatic hydroxyl groups is 1. The minimum absolute atomic E-state index is 0.467. The van der Waals surface area contributed by atoms with E-state index in [4.69, 9.17) is 23.2 Å². The molecule has 2 nitrogen and oxygen atoms in total. The topological polar surface area (TPSA) is 32.3 Å². The van der Waals surface area contributed by atoms with E-state index in [9.17, 15) is 5.11 Å². The Balaban J connectivity index is 2.84. The van der Waals surface area contributed by atoms with Crippen LogP contribution >= 0.6 is 23.2 Å². The highest BCUT2D eigenvalue weighted by atomic mass is 35.5. The van der Waals surface area contributed by atoms with Gasteiger partial charge in [-0.25, -0.2) is 0 Å². The van der Waals surface area contributed by atoms with Gasteiger partial charge < -0.3 is 10.4 Å². The average molecular weight is 220 g/mol. The van der Waals surface area contributed by atoms with Crippen LogP contribution in [0.1, 0.15) is 11.7 Å². The summed E-state index contributed by atoms with van der Waals surface area (Å²) in [5.41, 5.74) is 0.767. The Labute approximate surface area is 87.5 Å². The van der Waals surface area contributed by atoms with Crippen molar-refractivity contribution >= 4 is 23.2 Å². The number of hydrogen-bond acceptors (Lipinski definition) is 2. The summed E-state index contributed by atoms with van der Waals surface area (Å²) in [4.78, 5) is 0. The highest BCUT2D eigenvalue weighted by Crippen LogP contribution is 2.25. The van der Waals surface area contributed by atoms with Crippen molar-refractivity contribution in [2.45, 2.75) is 6.10 Å². The molecular weight excluding hydrogens is 209 g/mol. The van der Waals surface area contributed by atoms with Crippen molar-refractivity contribution in [2.75, 3.05) is 13.6 Å². The largest absolute Gasteiger partial charge is 0.387 e. The zero-order valence-corrected chi connectivity index (χ0v) is 8.73. The van der Waals surface area contributed by atoms with Gasteiger partial charge >= 0.3 is 0 Å². The van der Waals surface area contributed by atoms with Crippen molar-refractivity contribution in [2.24, 2.45) is 0 Å². The first kappa shape index (κ1) is 10.8. The van der Waals surface area contributed by atoms with Crippen LogP contribution in [0.25, 0.3) is 0 Å². The third-order valence-electron chi connectivity index (χ3n) is 1.73. The van der Waals surface area contributed by atoms with Gasteiger partial charge in [0.05, 0.1) is 16.1 Å². The second-order valence-corrected chi connectivity index (χ2v) is 3.56. The lowest BCUT2D eigenvalue weighted by atomic mass is 10.1. The summed E-state index contributed by atoms with van der Waals surface area (Å²) >= 11 is 11.5. The highest BCUT2D eigenvalue weighted by Gasteiger charge is 2.07. The first-order valence-corrected chi connectivity index (χ1v) is 4.68. The molecule has 72 valence electrons. The molecule has 0 amide bonds. The number of rotatable bonds is 3. The fraction of sp³-hybridized carbons (Fsp3) is 0.333. The molecule has 0 spiro atoms. The lowest BCUT2D eigenvalue weighted by Crippen LogP contribution is -2.16. The third-order valence-corrected chi connectivity index (χ3v) is 2.46. The van der Waals surface area contributed by atoms with Crippen LogP contribution in [-0.4, -0.2) is 18.7 Å².